The van der Waals surface area contributed by atoms with E-state index in [1.165, 1.54) is 5.56 Å². The van der Waals surface area contributed by atoms with Gasteiger partial charge in [-0.2, -0.15) is 4.98 Å². The summed E-state index contributed by atoms with van der Waals surface area (Å²) >= 11 is 7.61. The number of benzene rings is 1. The SMILES string of the molecule is CCc1nc(CN2CCN(c3nnc(Cc4ccc(Cl)cc4)s3)CC2)no1. The topological polar surface area (TPSA) is 71.2 Å². The first-order chi connectivity index (χ1) is 13.2. The molecule has 4 rings (SSSR count). The number of halogens is 1. The fourth-order valence-corrected chi connectivity index (χ4v) is 4.07. The Morgan fingerprint density at radius 1 is 1.11 bits per heavy atom. The molecule has 142 valence electrons. The van der Waals surface area contributed by atoms with Gasteiger partial charge in [-0.05, 0) is 17.7 Å². The van der Waals surface area contributed by atoms with Crippen LogP contribution in [-0.4, -0.2) is 51.4 Å². The molecule has 0 aliphatic carbocycles. The Morgan fingerprint density at radius 3 is 2.59 bits per heavy atom. The molecule has 1 aromatic carbocycles. The molecule has 0 amide bonds. The number of rotatable bonds is 6. The number of hydrogen-bond acceptors (Lipinski definition) is 8. The lowest BCUT2D eigenvalue weighted by molar-refractivity contribution is 0.240. The molecule has 1 fully saturated rings. The Morgan fingerprint density at radius 2 is 1.89 bits per heavy atom. The van der Waals surface area contributed by atoms with Crippen molar-refractivity contribution in [2.75, 3.05) is 31.1 Å². The first kappa shape index (κ1) is 18.3. The van der Waals surface area contributed by atoms with Crippen LogP contribution in [0, 0.1) is 0 Å². The summed E-state index contributed by atoms with van der Waals surface area (Å²) in [4.78, 5) is 9.03. The highest BCUT2D eigenvalue weighted by molar-refractivity contribution is 7.15. The smallest absolute Gasteiger partial charge is 0.226 e. The van der Waals surface area contributed by atoms with Crippen molar-refractivity contribution in [2.45, 2.75) is 26.3 Å². The fraction of sp³-hybridized carbons (Fsp3) is 0.444. The van der Waals surface area contributed by atoms with Gasteiger partial charge in [0.25, 0.3) is 0 Å². The lowest BCUT2D eigenvalue weighted by Crippen LogP contribution is -2.46. The van der Waals surface area contributed by atoms with Crippen LogP contribution < -0.4 is 4.90 Å². The highest BCUT2D eigenvalue weighted by Gasteiger charge is 2.21. The zero-order valence-corrected chi connectivity index (χ0v) is 16.7. The average Bonchev–Trinajstić information content (AvgIpc) is 3.34. The quantitative estimate of drug-likeness (QED) is 0.625. The Hall–Kier alpha value is -2.03. The van der Waals surface area contributed by atoms with Crippen LogP contribution in [0.15, 0.2) is 28.8 Å². The van der Waals surface area contributed by atoms with Crippen LogP contribution in [0.2, 0.25) is 5.02 Å². The first-order valence-electron chi connectivity index (χ1n) is 9.05. The van der Waals surface area contributed by atoms with Gasteiger partial charge in [0.05, 0.1) is 6.54 Å². The van der Waals surface area contributed by atoms with Crippen molar-refractivity contribution in [3.8, 4) is 0 Å². The summed E-state index contributed by atoms with van der Waals surface area (Å²) in [5.74, 6) is 1.46. The van der Waals surface area contributed by atoms with Crippen molar-refractivity contribution in [3.63, 3.8) is 0 Å². The summed E-state index contributed by atoms with van der Waals surface area (Å²) in [6, 6.07) is 7.88. The first-order valence-corrected chi connectivity index (χ1v) is 10.2. The van der Waals surface area contributed by atoms with Crippen molar-refractivity contribution >= 4 is 28.1 Å². The van der Waals surface area contributed by atoms with E-state index in [0.29, 0.717) is 5.89 Å². The fourth-order valence-electron chi connectivity index (χ4n) is 3.02. The summed E-state index contributed by atoms with van der Waals surface area (Å²) in [7, 11) is 0. The van der Waals surface area contributed by atoms with Crippen molar-refractivity contribution in [1.82, 2.24) is 25.2 Å². The van der Waals surface area contributed by atoms with Crippen LogP contribution in [-0.2, 0) is 19.4 Å². The van der Waals surface area contributed by atoms with E-state index >= 15 is 0 Å². The average molecular weight is 405 g/mol. The van der Waals surface area contributed by atoms with E-state index in [1.54, 1.807) is 11.3 Å². The predicted octanol–water partition coefficient (Wildman–Crippen LogP) is 3.05. The second-order valence-electron chi connectivity index (χ2n) is 6.50. The maximum absolute atomic E-state index is 5.94. The Kier molecular flexibility index (Phi) is 5.66. The molecule has 1 aliphatic heterocycles. The third kappa shape index (κ3) is 4.63. The zero-order chi connectivity index (χ0) is 18.6. The molecule has 0 spiro atoms. The number of anilines is 1. The van der Waals surface area contributed by atoms with E-state index in [1.807, 2.05) is 31.2 Å². The van der Waals surface area contributed by atoms with Crippen LogP contribution in [0.3, 0.4) is 0 Å². The second-order valence-corrected chi connectivity index (χ2v) is 7.98. The van der Waals surface area contributed by atoms with Crippen LogP contribution >= 0.6 is 22.9 Å². The molecule has 2 aromatic heterocycles. The normalized spacial score (nSPS) is 15.4. The van der Waals surface area contributed by atoms with E-state index in [2.05, 4.69) is 30.1 Å². The Labute approximate surface area is 167 Å². The number of aryl methyl sites for hydroxylation is 1. The van der Waals surface area contributed by atoms with Crippen molar-refractivity contribution in [2.24, 2.45) is 0 Å². The monoisotopic (exact) mass is 404 g/mol. The van der Waals surface area contributed by atoms with E-state index in [0.717, 1.165) is 66.6 Å². The van der Waals surface area contributed by atoms with Crippen molar-refractivity contribution in [3.05, 3.63) is 51.6 Å². The van der Waals surface area contributed by atoms with Gasteiger partial charge < -0.3 is 9.42 Å². The number of hydrogen-bond donors (Lipinski definition) is 0. The predicted molar refractivity (Wildman–Crippen MR) is 105 cm³/mol. The van der Waals surface area contributed by atoms with Gasteiger partial charge in [0.15, 0.2) is 5.82 Å². The molecule has 0 N–H and O–H groups in total. The number of aromatic nitrogens is 4. The van der Waals surface area contributed by atoms with Crippen LogP contribution in [0.4, 0.5) is 5.13 Å². The number of piperazine rings is 1. The molecule has 1 saturated heterocycles. The van der Waals surface area contributed by atoms with Gasteiger partial charge in [-0.3, -0.25) is 4.90 Å². The molecule has 27 heavy (non-hydrogen) atoms. The highest BCUT2D eigenvalue weighted by Crippen LogP contribution is 2.24. The summed E-state index contributed by atoms with van der Waals surface area (Å²) in [5, 5.41) is 15.5. The molecule has 0 atom stereocenters. The highest BCUT2D eigenvalue weighted by atomic mass is 35.5. The molecule has 3 aromatic rings. The lowest BCUT2D eigenvalue weighted by Gasteiger charge is -2.33. The minimum atomic E-state index is 0.700. The summed E-state index contributed by atoms with van der Waals surface area (Å²) < 4.78 is 5.18. The Balaban J connectivity index is 1.30. The van der Waals surface area contributed by atoms with Gasteiger partial charge in [0.2, 0.25) is 11.0 Å². The summed E-state index contributed by atoms with van der Waals surface area (Å²) in [6.07, 6.45) is 1.56. The Bertz CT molecular complexity index is 872. The minimum absolute atomic E-state index is 0.700. The minimum Gasteiger partial charge on any atom is -0.344 e. The summed E-state index contributed by atoms with van der Waals surface area (Å²) in [5.41, 5.74) is 1.19. The molecule has 3 heterocycles. The number of nitrogens with zero attached hydrogens (tertiary/aromatic N) is 6. The molecule has 0 radical (unpaired) electrons. The largest absolute Gasteiger partial charge is 0.344 e. The lowest BCUT2D eigenvalue weighted by atomic mass is 10.2. The molecule has 1 aliphatic rings. The van der Waals surface area contributed by atoms with Gasteiger partial charge in [0, 0.05) is 44.0 Å². The standard InChI is InChI=1S/C18H21ClN6OS/c1-2-16-20-15(23-26-16)12-24-7-9-25(10-8-24)18-22-21-17(27-18)11-13-3-5-14(19)6-4-13/h3-6H,2,7-12H2,1H3. The van der Waals surface area contributed by atoms with Gasteiger partial charge in [-0.1, -0.05) is 47.2 Å². The van der Waals surface area contributed by atoms with Crippen molar-refractivity contribution < 1.29 is 4.52 Å². The maximum atomic E-state index is 5.94. The van der Waals surface area contributed by atoms with Crippen LogP contribution in [0.5, 0.6) is 0 Å². The molecule has 0 unspecified atom stereocenters. The van der Waals surface area contributed by atoms with Gasteiger partial charge in [-0.25, -0.2) is 0 Å². The van der Waals surface area contributed by atoms with E-state index in [9.17, 15) is 0 Å². The zero-order valence-electron chi connectivity index (χ0n) is 15.1. The summed E-state index contributed by atoms with van der Waals surface area (Å²) in [6.45, 7) is 6.49. The van der Waals surface area contributed by atoms with Gasteiger partial charge >= 0.3 is 0 Å². The third-order valence-electron chi connectivity index (χ3n) is 4.55. The van der Waals surface area contributed by atoms with E-state index in [-0.39, 0.29) is 0 Å². The van der Waals surface area contributed by atoms with Gasteiger partial charge in [-0.15, -0.1) is 10.2 Å². The van der Waals surface area contributed by atoms with Crippen LogP contribution in [0.1, 0.15) is 29.2 Å². The molecular weight excluding hydrogens is 384 g/mol. The van der Waals surface area contributed by atoms with E-state index < -0.39 is 0 Å². The molecule has 0 bridgehead atoms. The van der Waals surface area contributed by atoms with Gasteiger partial charge in [0.1, 0.15) is 5.01 Å². The molecule has 9 heteroatoms. The molecule has 7 nitrogen and oxygen atoms in total. The van der Waals surface area contributed by atoms with E-state index in [4.69, 9.17) is 16.1 Å². The molecular formula is C18H21ClN6OS. The van der Waals surface area contributed by atoms with Crippen molar-refractivity contribution in [1.29, 1.82) is 0 Å². The maximum Gasteiger partial charge on any atom is 0.226 e. The van der Waals surface area contributed by atoms with Crippen LogP contribution in [0.25, 0.3) is 0 Å². The molecule has 0 saturated carbocycles. The third-order valence-corrected chi connectivity index (χ3v) is 5.78. The second kappa shape index (κ2) is 8.33.